The van der Waals surface area contributed by atoms with Crippen LogP contribution >= 0.6 is 0 Å². The van der Waals surface area contributed by atoms with Gasteiger partial charge in [-0.15, -0.1) is 0 Å². The molecule has 1 aliphatic heterocycles. The fourth-order valence-electron chi connectivity index (χ4n) is 3.98. The van der Waals surface area contributed by atoms with E-state index in [1.165, 1.54) is 0 Å². The van der Waals surface area contributed by atoms with E-state index in [1.54, 1.807) is 25.3 Å². The number of methoxy groups -OCH3 is 1. The van der Waals surface area contributed by atoms with Crippen molar-refractivity contribution in [3.63, 3.8) is 0 Å². The topological polar surface area (TPSA) is 85.9 Å². The van der Waals surface area contributed by atoms with Crippen molar-refractivity contribution in [2.75, 3.05) is 13.7 Å². The van der Waals surface area contributed by atoms with Crippen LogP contribution in [-0.4, -0.2) is 25.7 Å². The maximum absolute atomic E-state index is 13.0. The van der Waals surface area contributed by atoms with Gasteiger partial charge in [0.1, 0.15) is 12.5 Å². The standard InChI is InChI=1S/C28H28N2O5/c1-19-25(27(31)34-16-15-20-9-5-3-6-10-20)26(30-28(32)29-19)22-13-14-23(24(17-22)33-2)35-18-21-11-7-4-8-12-21/h3-14,17,25-26H,1,15-16,18H2,2H3,(H2,29,30,32). The largest absolute Gasteiger partial charge is 0.493 e. The third kappa shape index (κ3) is 6.00. The third-order valence-electron chi connectivity index (χ3n) is 5.79. The Bertz CT molecular complexity index is 1180. The maximum atomic E-state index is 13.0. The number of carbonyl (C=O) groups excluding carboxylic acids is 2. The van der Waals surface area contributed by atoms with Crippen molar-refractivity contribution in [2.24, 2.45) is 5.92 Å². The fourth-order valence-corrected chi connectivity index (χ4v) is 3.98. The highest BCUT2D eigenvalue weighted by molar-refractivity contribution is 5.85. The van der Waals surface area contributed by atoms with Crippen LogP contribution in [0, 0.1) is 5.92 Å². The van der Waals surface area contributed by atoms with Gasteiger partial charge in [0, 0.05) is 12.1 Å². The average Bonchev–Trinajstić information content (AvgIpc) is 2.88. The summed E-state index contributed by atoms with van der Waals surface area (Å²) in [6.45, 7) is 4.51. The summed E-state index contributed by atoms with van der Waals surface area (Å²) < 4.78 is 17.0. The van der Waals surface area contributed by atoms with Crippen molar-refractivity contribution in [3.05, 3.63) is 108 Å². The van der Waals surface area contributed by atoms with Crippen molar-refractivity contribution in [1.82, 2.24) is 10.6 Å². The highest BCUT2D eigenvalue weighted by Crippen LogP contribution is 2.36. The zero-order valence-electron chi connectivity index (χ0n) is 19.5. The van der Waals surface area contributed by atoms with Gasteiger partial charge in [-0.2, -0.15) is 0 Å². The lowest BCUT2D eigenvalue weighted by atomic mass is 9.89. The second-order valence-electron chi connectivity index (χ2n) is 8.17. The number of nitrogens with one attached hydrogen (secondary N) is 2. The highest BCUT2D eigenvalue weighted by Gasteiger charge is 2.39. The van der Waals surface area contributed by atoms with E-state index in [0.29, 0.717) is 30.1 Å². The summed E-state index contributed by atoms with van der Waals surface area (Å²) >= 11 is 0. The van der Waals surface area contributed by atoms with Crippen molar-refractivity contribution in [1.29, 1.82) is 0 Å². The second-order valence-corrected chi connectivity index (χ2v) is 8.17. The van der Waals surface area contributed by atoms with Crippen LogP contribution in [0.25, 0.3) is 0 Å². The molecule has 3 aromatic rings. The normalized spacial score (nSPS) is 17.2. The molecule has 1 saturated heterocycles. The molecular weight excluding hydrogens is 444 g/mol. The van der Waals surface area contributed by atoms with Crippen molar-refractivity contribution >= 4 is 12.0 Å². The first kappa shape index (κ1) is 23.9. The van der Waals surface area contributed by atoms with Crippen LogP contribution < -0.4 is 20.1 Å². The van der Waals surface area contributed by atoms with E-state index in [9.17, 15) is 9.59 Å². The number of esters is 1. The van der Waals surface area contributed by atoms with Gasteiger partial charge in [-0.1, -0.05) is 73.3 Å². The lowest BCUT2D eigenvalue weighted by molar-refractivity contribution is -0.148. The number of benzene rings is 3. The molecule has 7 nitrogen and oxygen atoms in total. The zero-order chi connectivity index (χ0) is 24.6. The molecular formula is C28H28N2O5. The maximum Gasteiger partial charge on any atom is 0.319 e. The second kappa shape index (κ2) is 11.2. The molecule has 3 aromatic carbocycles. The van der Waals surface area contributed by atoms with Crippen LogP contribution in [0.1, 0.15) is 22.7 Å². The molecule has 4 rings (SSSR count). The molecule has 2 amide bonds. The van der Waals surface area contributed by atoms with Gasteiger partial charge in [0.15, 0.2) is 11.5 Å². The monoisotopic (exact) mass is 472 g/mol. The predicted octanol–water partition coefficient (Wildman–Crippen LogP) is 4.54. The van der Waals surface area contributed by atoms with Gasteiger partial charge in [-0.25, -0.2) is 4.79 Å². The van der Waals surface area contributed by atoms with Crippen molar-refractivity contribution < 1.29 is 23.8 Å². The van der Waals surface area contributed by atoms with Gasteiger partial charge < -0.3 is 24.8 Å². The number of hydrogen-bond acceptors (Lipinski definition) is 5. The van der Waals surface area contributed by atoms with Gasteiger partial charge >= 0.3 is 12.0 Å². The number of ether oxygens (including phenoxy) is 3. The average molecular weight is 473 g/mol. The van der Waals surface area contributed by atoms with Crippen LogP contribution in [0.3, 0.4) is 0 Å². The number of urea groups is 1. The molecule has 0 radical (unpaired) electrons. The molecule has 0 saturated carbocycles. The Morgan fingerprint density at radius 1 is 0.943 bits per heavy atom. The fraction of sp³-hybridized carbons (Fsp3) is 0.214. The Hall–Kier alpha value is -4.26. The minimum Gasteiger partial charge on any atom is -0.493 e. The summed E-state index contributed by atoms with van der Waals surface area (Å²) in [5, 5.41) is 5.42. The smallest absolute Gasteiger partial charge is 0.319 e. The molecule has 1 heterocycles. The van der Waals surface area contributed by atoms with Crippen LogP contribution in [0.2, 0.25) is 0 Å². The molecule has 35 heavy (non-hydrogen) atoms. The van der Waals surface area contributed by atoms with Crippen LogP contribution in [0.4, 0.5) is 4.79 Å². The molecule has 2 N–H and O–H groups in total. The lowest BCUT2D eigenvalue weighted by Gasteiger charge is -2.33. The first-order valence-corrected chi connectivity index (χ1v) is 11.4. The summed E-state index contributed by atoms with van der Waals surface area (Å²) in [5.74, 6) is -0.217. The van der Waals surface area contributed by atoms with Crippen LogP contribution in [0.5, 0.6) is 11.5 Å². The summed E-state index contributed by atoms with van der Waals surface area (Å²) in [4.78, 5) is 25.3. The Morgan fingerprint density at radius 3 is 2.31 bits per heavy atom. The summed E-state index contributed by atoms with van der Waals surface area (Å²) in [6, 6.07) is 23.8. The van der Waals surface area contributed by atoms with E-state index >= 15 is 0 Å². The zero-order valence-corrected chi connectivity index (χ0v) is 19.5. The first-order valence-electron chi connectivity index (χ1n) is 11.4. The summed E-state index contributed by atoms with van der Waals surface area (Å²) in [5.41, 5.74) is 3.06. The van der Waals surface area contributed by atoms with E-state index in [2.05, 4.69) is 17.2 Å². The molecule has 1 fully saturated rings. The molecule has 0 aromatic heterocycles. The Balaban J connectivity index is 1.49. The van der Waals surface area contributed by atoms with Gasteiger partial charge in [0.05, 0.1) is 19.8 Å². The number of hydrogen-bond donors (Lipinski definition) is 2. The van der Waals surface area contributed by atoms with Gasteiger partial charge in [-0.3, -0.25) is 4.79 Å². The minimum absolute atomic E-state index is 0.225. The van der Waals surface area contributed by atoms with Crippen LogP contribution in [0.15, 0.2) is 91.1 Å². The van der Waals surface area contributed by atoms with E-state index in [4.69, 9.17) is 14.2 Å². The minimum atomic E-state index is -0.802. The summed E-state index contributed by atoms with van der Waals surface area (Å²) in [6.07, 6.45) is 0.595. The molecule has 0 aliphatic carbocycles. The molecule has 7 heteroatoms. The predicted molar refractivity (Wildman–Crippen MR) is 132 cm³/mol. The van der Waals surface area contributed by atoms with Gasteiger partial charge in [0.25, 0.3) is 0 Å². The summed E-state index contributed by atoms with van der Waals surface area (Å²) in [7, 11) is 1.55. The van der Waals surface area contributed by atoms with Crippen molar-refractivity contribution in [3.8, 4) is 11.5 Å². The lowest BCUT2D eigenvalue weighted by Crippen LogP contribution is -2.51. The van der Waals surface area contributed by atoms with E-state index in [-0.39, 0.29) is 12.3 Å². The molecule has 1 aliphatic rings. The van der Waals surface area contributed by atoms with Gasteiger partial charge in [-0.05, 0) is 28.8 Å². The van der Waals surface area contributed by atoms with Crippen LogP contribution in [-0.2, 0) is 22.6 Å². The quantitative estimate of drug-likeness (QED) is 0.447. The SMILES string of the molecule is C=C1NC(=O)NC(c2ccc(OCc3ccccc3)c(OC)c2)C1C(=O)OCCc1ccccc1. The molecule has 0 bridgehead atoms. The van der Waals surface area contributed by atoms with E-state index in [0.717, 1.165) is 11.1 Å². The van der Waals surface area contributed by atoms with E-state index < -0.39 is 24.0 Å². The van der Waals surface area contributed by atoms with Crippen molar-refractivity contribution in [2.45, 2.75) is 19.1 Å². The molecule has 2 atom stereocenters. The Labute approximate surface area is 204 Å². The molecule has 0 spiro atoms. The third-order valence-corrected chi connectivity index (χ3v) is 5.79. The highest BCUT2D eigenvalue weighted by atomic mass is 16.5. The van der Waals surface area contributed by atoms with E-state index in [1.807, 2.05) is 60.7 Å². The Kier molecular flexibility index (Phi) is 7.67. The number of amides is 2. The number of carbonyl (C=O) groups is 2. The first-order chi connectivity index (χ1) is 17.0. The molecule has 180 valence electrons. The molecule has 2 unspecified atom stereocenters. The number of rotatable bonds is 9. The van der Waals surface area contributed by atoms with Gasteiger partial charge in [0.2, 0.25) is 0 Å². The Morgan fingerprint density at radius 2 is 1.63 bits per heavy atom.